The molecule has 1 aromatic rings. The molecular weight excluding hydrogens is 298 g/mol. The summed E-state index contributed by atoms with van der Waals surface area (Å²) in [5.74, 6) is -0.522. The third kappa shape index (κ3) is 2.85. The fraction of sp³-hybridized carbons (Fsp3) is 0.500. The molecular formula is C10H12ClNO4S2. The zero-order valence-electron chi connectivity index (χ0n) is 9.55. The van der Waals surface area contributed by atoms with Crippen LogP contribution in [0.1, 0.15) is 9.67 Å². The summed E-state index contributed by atoms with van der Waals surface area (Å²) in [5.41, 5.74) is 0. The highest BCUT2D eigenvalue weighted by Gasteiger charge is 2.39. The number of hydrogen-bond acceptors (Lipinski definition) is 5. The Morgan fingerprint density at radius 1 is 1.56 bits per heavy atom. The molecule has 1 aliphatic heterocycles. The first kappa shape index (κ1) is 13.8. The van der Waals surface area contributed by atoms with E-state index in [0.717, 1.165) is 0 Å². The van der Waals surface area contributed by atoms with Gasteiger partial charge in [0.15, 0.2) is 9.84 Å². The van der Waals surface area contributed by atoms with Crippen molar-refractivity contribution in [3.8, 4) is 0 Å². The van der Waals surface area contributed by atoms with Crippen molar-refractivity contribution in [2.24, 2.45) is 0 Å². The summed E-state index contributed by atoms with van der Waals surface area (Å²) in [6.45, 7) is 0. The van der Waals surface area contributed by atoms with Crippen molar-refractivity contribution < 1.29 is 17.9 Å². The first-order valence-electron chi connectivity index (χ1n) is 5.20. The highest BCUT2D eigenvalue weighted by Crippen LogP contribution is 2.23. The van der Waals surface area contributed by atoms with Crippen molar-refractivity contribution in [1.29, 1.82) is 0 Å². The molecule has 2 atom stereocenters. The van der Waals surface area contributed by atoms with E-state index in [1.165, 1.54) is 18.4 Å². The maximum atomic E-state index is 11.9. The second-order valence-electron chi connectivity index (χ2n) is 4.03. The maximum absolute atomic E-state index is 11.9. The van der Waals surface area contributed by atoms with E-state index >= 15 is 0 Å². The van der Waals surface area contributed by atoms with Gasteiger partial charge in [-0.15, -0.1) is 11.3 Å². The van der Waals surface area contributed by atoms with Gasteiger partial charge in [0.2, 0.25) is 0 Å². The molecule has 1 aromatic heterocycles. The zero-order chi connectivity index (χ0) is 13.3. The summed E-state index contributed by atoms with van der Waals surface area (Å²) in [6, 6.07) is 1.10. The Hall–Kier alpha value is -0.630. The van der Waals surface area contributed by atoms with Crippen molar-refractivity contribution in [3.05, 3.63) is 21.3 Å². The maximum Gasteiger partial charge on any atom is 0.263 e. The molecule has 2 heterocycles. The molecule has 100 valence electrons. The molecule has 0 saturated carbocycles. The van der Waals surface area contributed by atoms with Gasteiger partial charge in [-0.3, -0.25) is 4.79 Å². The van der Waals surface area contributed by atoms with Crippen LogP contribution in [0.2, 0.25) is 5.02 Å². The molecule has 1 N–H and O–H groups in total. The Kier molecular flexibility index (Phi) is 3.96. The lowest BCUT2D eigenvalue weighted by molar-refractivity contribution is 0.0789. The van der Waals surface area contributed by atoms with Gasteiger partial charge in [0.05, 0.1) is 28.7 Å². The van der Waals surface area contributed by atoms with Crippen LogP contribution in [-0.4, -0.2) is 45.1 Å². The van der Waals surface area contributed by atoms with Crippen molar-refractivity contribution in [2.45, 2.75) is 12.1 Å². The van der Waals surface area contributed by atoms with Crippen molar-refractivity contribution in [3.63, 3.8) is 0 Å². The smallest absolute Gasteiger partial charge is 0.263 e. The number of amides is 1. The first-order chi connectivity index (χ1) is 8.43. The van der Waals surface area contributed by atoms with Gasteiger partial charge in [0.1, 0.15) is 4.88 Å². The minimum atomic E-state index is -3.15. The van der Waals surface area contributed by atoms with E-state index in [1.807, 2.05) is 0 Å². The van der Waals surface area contributed by atoms with E-state index < -0.39 is 22.0 Å². The first-order valence-corrected chi connectivity index (χ1v) is 8.28. The van der Waals surface area contributed by atoms with Crippen LogP contribution in [0.25, 0.3) is 0 Å². The monoisotopic (exact) mass is 309 g/mol. The lowest BCUT2D eigenvalue weighted by Gasteiger charge is -2.17. The lowest BCUT2D eigenvalue weighted by atomic mass is 10.2. The molecule has 0 radical (unpaired) electrons. The largest absolute Gasteiger partial charge is 0.378 e. The average Bonchev–Trinajstić information content (AvgIpc) is 2.82. The minimum Gasteiger partial charge on any atom is -0.378 e. The van der Waals surface area contributed by atoms with Crippen molar-refractivity contribution >= 4 is 38.7 Å². The molecule has 8 heteroatoms. The second kappa shape index (κ2) is 5.16. The van der Waals surface area contributed by atoms with Gasteiger partial charge in [0, 0.05) is 7.11 Å². The third-order valence-corrected chi connectivity index (χ3v) is 5.79. The lowest BCUT2D eigenvalue weighted by Crippen LogP contribution is -2.43. The molecule has 1 amide bonds. The number of carbonyl (C=O) groups is 1. The van der Waals surface area contributed by atoms with Gasteiger partial charge in [-0.1, -0.05) is 11.6 Å². The normalized spacial score (nSPS) is 26.1. The summed E-state index contributed by atoms with van der Waals surface area (Å²) in [5, 5.41) is 4.73. The van der Waals surface area contributed by atoms with Gasteiger partial charge in [-0.05, 0) is 11.4 Å². The Morgan fingerprint density at radius 3 is 2.83 bits per heavy atom. The molecule has 0 aliphatic carbocycles. The molecule has 5 nitrogen and oxygen atoms in total. The van der Waals surface area contributed by atoms with Crippen LogP contribution in [0.3, 0.4) is 0 Å². The Labute approximate surface area is 114 Å². The molecule has 0 unspecified atom stereocenters. The summed E-state index contributed by atoms with van der Waals surface area (Å²) < 4.78 is 28.1. The van der Waals surface area contributed by atoms with E-state index in [0.29, 0.717) is 9.90 Å². The number of sulfone groups is 1. The fourth-order valence-electron chi connectivity index (χ4n) is 1.87. The van der Waals surface area contributed by atoms with E-state index in [9.17, 15) is 13.2 Å². The number of hydrogen-bond donors (Lipinski definition) is 1. The molecule has 1 saturated heterocycles. The number of rotatable bonds is 3. The van der Waals surface area contributed by atoms with Gasteiger partial charge in [-0.2, -0.15) is 0 Å². The summed E-state index contributed by atoms with van der Waals surface area (Å²) in [6.07, 6.45) is -0.502. The molecule has 2 rings (SSSR count). The van der Waals surface area contributed by atoms with Crippen LogP contribution in [0, 0.1) is 0 Å². The molecule has 0 bridgehead atoms. The van der Waals surface area contributed by atoms with Crippen LogP contribution >= 0.6 is 22.9 Å². The number of halogens is 1. The standard InChI is InChI=1S/C10H12ClNO4S2/c1-16-8-5-18(14,15)4-7(8)12-10(13)9-6(11)2-3-17-9/h2-3,7-8H,4-5H2,1H3,(H,12,13)/t7-,8-/m0/s1. The van der Waals surface area contributed by atoms with Gasteiger partial charge in [0.25, 0.3) is 5.91 Å². The SMILES string of the molecule is CO[C@H]1CS(=O)(=O)C[C@@H]1NC(=O)c1sccc1Cl. The van der Waals surface area contributed by atoms with E-state index in [4.69, 9.17) is 16.3 Å². The number of thiophene rings is 1. The summed E-state index contributed by atoms with van der Waals surface area (Å²) in [4.78, 5) is 12.3. The quantitative estimate of drug-likeness (QED) is 0.902. The summed E-state index contributed by atoms with van der Waals surface area (Å²) >= 11 is 7.06. The zero-order valence-corrected chi connectivity index (χ0v) is 11.9. The Balaban J connectivity index is 2.10. The number of carbonyl (C=O) groups excluding carboxylic acids is 1. The topological polar surface area (TPSA) is 72.5 Å². The summed E-state index contributed by atoms with van der Waals surface area (Å²) in [7, 11) is -1.72. The highest BCUT2D eigenvalue weighted by atomic mass is 35.5. The molecule has 0 aromatic carbocycles. The minimum absolute atomic E-state index is 0.0629. The average molecular weight is 310 g/mol. The van der Waals surface area contributed by atoms with Gasteiger partial charge >= 0.3 is 0 Å². The molecule has 1 fully saturated rings. The van der Waals surface area contributed by atoms with Crippen molar-refractivity contribution in [1.82, 2.24) is 5.32 Å². The highest BCUT2D eigenvalue weighted by molar-refractivity contribution is 7.91. The van der Waals surface area contributed by atoms with Crippen LogP contribution < -0.4 is 5.32 Å². The second-order valence-corrected chi connectivity index (χ2v) is 7.51. The third-order valence-electron chi connectivity index (χ3n) is 2.74. The van der Waals surface area contributed by atoms with E-state index in [1.54, 1.807) is 11.4 Å². The van der Waals surface area contributed by atoms with E-state index in [-0.39, 0.29) is 17.4 Å². The van der Waals surface area contributed by atoms with Gasteiger partial charge < -0.3 is 10.1 Å². The fourth-order valence-corrected chi connectivity index (χ4v) is 4.77. The molecule has 18 heavy (non-hydrogen) atoms. The van der Waals surface area contributed by atoms with Crippen LogP contribution in [0.15, 0.2) is 11.4 Å². The predicted molar refractivity (Wildman–Crippen MR) is 70.0 cm³/mol. The molecule has 0 spiro atoms. The number of methoxy groups -OCH3 is 1. The van der Waals surface area contributed by atoms with Gasteiger partial charge in [-0.25, -0.2) is 8.42 Å². The number of ether oxygens (including phenoxy) is 1. The van der Waals surface area contributed by atoms with Crippen LogP contribution in [0.4, 0.5) is 0 Å². The Bertz CT molecular complexity index is 554. The number of nitrogens with one attached hydrogen (secondary N) is 1. The predicted octanol–water partition coefficient (Wildman–Crippen LogP) is 0.943. The van der Waals surface area contributed by atoms with Crippen LogP contribution in [0.5, 0.6) is 0 Å². The Morgan fingerprint density at radius 2 is 2.28 bits per heavy atom. The van der Waals surface area contributed by atoms with Crippen molar-refractivity contribution in [2.75, 3.05) is 18.6 Å². The molecule has 1 aliphatic rings. The van der Waals surface area contributed by atoms with E-state index in [2.05, 4.69) is 5.32 Å². The van der Waals surface area contributed by atoms with Crippen LogP contribution in [-0.2, 0) is 14.6 Å².